The van der Waals surface area contributed by atoms with E-state index in [2.05, 4.69) is 157 Å². The third-order valence-electron chi connectivity index (χ3n) is 11.1. The normalized spacial score (nSPS) is 16.5. The third kappa shape index (κ3) is 4.47. The zero-order valence-electron chi connectivity index (χ0n) is 28.7. The van der Waals surface area contributed by atoms with E-state index < -0.39 is 0 Å². The van der Waals surface area contributed by atoms with Crippen LogP contribution < -0.4 is 0 Å². The largest absolute Gasteiger partial charge is 0.456 e. The van der Waals surface area contributed by atoms with Gasteiger partial charge >= 0.3 is 0 Å². The van der Waals surface area contributed by atoms with Gasteiger partial charge in [0.2, 0.25) is 0 Å². The maximum Gasteiger partial charge on any atom is 0.139 e. The molecule has 0 aliphatic heterocycles. The summed E-state index contributed by atoms with van der Waals surface area (Å²) in [4.78, 5) is 10.5. The van der Waals surface area contributed by atoms with Gasteiger partial charge in [-0.25, -0.2) is 9.97 Å². The number of hydrogen-bond acceptors (Lipinski definition) is 3. The Balaban J connectivity index is 0.992. The van der Waals surface area contributed by atoms with Crippen LogP contribution in [0.4, 0.5) is 0 Å². The van der Waals surface area contributed by atoms with E-state index in [0.717, 1.165) is 63.3 Å². The molecule has 3 heterocycles. The molecule has 12 rings (SSSR count). The Morgan fingerprint density at radius 1 is 0.596 bits per heavy atom. The number of fused-ring (bicyclic) bond motifs is 8. The van der Waals surface area contributed by atoms with Crippen molar-refractivity contribution in [1.29, 1.82) is 0 Å². The van der Waals surface area contributed by atoms with Gasteiger partial charge in [-0.15, -0.1) is 0 Å². The molecular weight excluding hydrogens is 635 g/mol. The molecule has 9 aromatic rings. The molecule has 0 amide bonds. The van der Waals surface area contributed by atoms with Gasteiger partial charge in [0.05, 0.1) is 22.4 Å². The zero-order valence-corrected chi connectivity index (χ0v) is 28.7. The van der Waals surface area contributed by atoms with Crippen LogP contribution in [0.5, 0.6) is 0 Å². The smallest absolute Gasteiger partial charge is 0.139 e. The van der Waals surface area contributed by atoms with E-state index in [1.165, 1.54) is 49.6 Å². The summed E-state index contributed by atoms with van der Waals surface area (Å²) in [6.45, 7) is 2.26. The van der Waals surface area contributed by atoms with Crippen LogP contribution in [0, 0.1) is 0 Å². The average Bonchev–Trinajstić information content (AvgIpc) is 3.73. The van der Waals surface area contributed by atoms with Crippen LogP contribution in [-0.4, -0.2) is 14.5 Å². The van der Waals surface area contributed by atoms with E-state index in [0.29, 0.717) is 0 Å². The van der Waals surface area contributed by atoms with Crippen molar-refractivity contribution in [2.24, 2.45) is 0 Å². The number of rotatable bonds is 5. The molecule has 0 saturated heterocycles. The van der Waals surface area contributed by atoms with E-state index >= 15 is 0 Å². The first-order valence-corrected chi connectivity index (χ1v) is 18.0. The summed E-state index contributed by atoms with van der Waals surface area (Å²) in [7, 11) is 0. The Morgan fingerprint density at radius 2 is 1.31 bits per heavy atom. The van der Waals surface area contributed by atoms with Crippen LogP contribution in [0.3, 0.4) is 0 Å². The highest BCUT2D eigenvalue weighted by Crippen LogP contribution is 2.41. The number of hydrogen-bond donors (Lipinski definition) is 0. The summed E-state index contributed by atoms with van der Waals surface area (Å²) in [5.41, 5.74) is 14.4. The monoisotopic (exact) mass is 667 g/mol. The Labute approximate surface area is 301 Å². The lowest BCUT2D eigenvalue weighted by molar-refractivity contribution is 0.557. The zero-order chi connectivity index (χ0) is 34.4. The number of allylic oxidation sites excluding steroid dienone is 4. The third-order valence-corrected chi connectivity index (χ3v) is 11.1. The summed E-state index contributed by atoms with van der Waals surface area (Å²) in [6.07, 6.45) is 8.74. The van der Waals surface area contributed by atoms with Gasteiger partial charge in [-0.2, -0.15) is 0 Å². The first-order chi connectivity index (χ1) is 25.6. The minimum Gasteiger partial charge on any atom is -0.456 e. The minimum absolute atomic E-state index is 0.366. The van der Waals surface area contributed by atoms with Crippen LogP contribution in [-0.2, 0) is 11.8 Å². The molecule has 6 aromatic carbocycles. The van der Waals surface area contributed by atoms with Crippen LogP contribution in [0.2, 0.25) is 0 Å². The molecule has 3 aromatic heterocycles. The molecule has 0 fully saturated rings. The molecule has 0 spiro atoms. The molecule has 3 aliphatic carbocycles. The van der Waals surface area contributed by atoms with Gasteiger partial charge in [-0.3, -0.25) is 0 Å². The predicted molar refractivity (Wildman–Crippen MR) is 213 cm³/mol. The molecule has 4 nitrogen and oxygen atoms in total. The first-order valence-electron chi connectivity index (χ1n) is 18.0. The van der Waals surface area contributed by atoms with E-state index in [1.807, 2.05) is 12.1 Å². The van der Waals surface area contributed by atoms with Crippen molar-refractivity contribution >= 4 is 49.4 Å². The molecule has 1 atom stereocenters. The van der Waals surface area contributed by atoms with E-state index in [-0.39, 0.29) is 5.41 Å². The van der Waals surface area contributed by atoms with Crippen LogP contribution >= 0.6 is 0 Å². The molecule has 4 heteroatoms. The highest BCUT2D eigenvalue weighted by Gasteiger charge is 2.31. The van der Waals surface area contributed by atoms with E-state index in [4.69, 9.17) is 14.4 Å². The second-order valence-electron chi connectivity index (χ2n) is 14.5. The van der Waals surface area contributed by atoms with Gasteiger partial charge in [0.1, 0.15) is 17.0 Å². The summed E-state index contributed by atoms with van der Waals surface area (Å²) >= 11 is 0. The average molecular weight is 668 g/mol. The maximum atomic E-state index is 6.12. The summed E-state index contributed by atoms with van der Waals surface area (Å²) < 4.78 is 8.53. The van der Waals surface area contributed by atoms with Gasteiger partial charge in [0, 0.05) is 43.8 Å². The van der Waals surface area contributed by atoms with Crippen molar-refractivity contribution < 1.29 is 4.42 Å². The summed E-state index contributed by atoms with van der Waals surface area (Å²) in [5.74, 6) is 0.847. The SMILES string of the molecule is CC1(c2nc(-c3ccccc3)cc(-c3ccc4cc3C4)n2)C=CC(n2c3ccccc3c3cc(-c4ccc5oc6ccccc6c5c4)ccc32)=CC1. The highest BCUT2D eigenvalue weighted by molar-refractivity contribution is 6.12. The molecule has 3 aliphatic rings. The highest BCUT2D eigenvalue weighted by atomic mass is 16.3. The second kappa shape index (κ2) is 11.0. The van der Waals surface area contributed by atoms with Crippen LogP contribution in [0.15, 0.2) is 162 Å². The number of furan rings is 1. The molecule has 2 bridgehead atoms. The van der Waals surface area contributed by atoms with Crippen LogP contribution in [0.1, 0.15) is 30.3 Å². The van der Waals surface area contributed by atoms with Crippen molar-refractivity contribution in [3.8, 4) is 33.6 Å². The summed E-state index contributed by atoms with van der Waals surface area (Å²) in [5, 5.41) is 4.76. The number of benzene rings is 6. The van der Waals surface area contributed by atoms with E-state index in [9.17, 15) is 0 Å². The van der Waals surface area contributed by atoms with Crippen LogP contribution in [0.25, 0.3) is 83.1 Å². The quantitative estimate of drug-likeness (QED) is 0.183. The summed E-state index contributed by atoms with van der Waals surface area (Å²) in [6, 6.07) is 49.7. The molecular formula is C48H33N3O. The Hall–Kier alpha value is -6.52. The molecule has 0 N–H and O–H groups in total. The van der Waals surface area contributed by atoms with Crippen molar-refractivity contribution in [2.45, 2.75) is 25.2 Å². The second-order valence-corrected chi connectivity index (χ2v) is 14.5. The molecule has 1 unspecified atom stereocenters. The van der Waals surface area contributed by atoms with Gasteiger partial charge < -0.3 is 8.98 Å². The van der Waals surface area contributed by atoms with Gasteiger partial charge in [0.15, 0.2) is 0 Å². The molecule has 52 heavy (non-hydrogen) atoms. The minimum atomic E-state index is -0.366. The topological polar surface area (TPSA) is 43.9 Å². The van der Waals surface area contributed by atoms with Crippen molar-refractivity contribution in [3.63, 3.8) is 0 Å². The van der Waals surface area contributed by atoms with Gasteiger partial charge in [-0.1, -0.05) is 109 Å². The first kappa shape index (κ1) is 29.2. The molecule has 0 saturated carbocycles. The fourth-order valence-electron chi connectivity index (χ4n) is 8.23. The number of aromatic nitrogens is 3. The van der Waals surface area contributed by atoms with Crippen molar-refractivity contribution in [3.05, 3.63) is 175 Å². The van der Waals surface area contributed by atoms with Crippen molar-refractivity contribution in [1.82, 2.24) is 14.5 Å². The van der Waals surface area contributed by atoms with Gasteiger partial charge in [-0.05, 0) is 90.6 Å². The fourth-order valence-corrected chi connectivity index (χ4v) is 8.23. The van der Waals surface area contributed by atoms with E-state index in [1.54, 1.807) is 0 Å². The molecule has 246 valence electrons. The lowest BCUT2D eigenvalue weighted by atomic mass is 9.81. The lowest BCUT2D eigenvalue weighted by Gasteiger charge is -2.28. The number of para-hydroxylation sites is 2. The Kier molecular flexibility index (Phi) is 6.18. The maximum absolute atomic E-state index is 6.12. The molecule has 0 radical (unpaired) electrons. The Morgan fingerprint density at radius 3 is 2.12 bits per heavy atom. The number of nitrogens with zero attached hydrogens (tertiary/aromatic N) is 3. The standard InChI is InChI=1S/C48H33N3O/c1-48(47-49-41(31-9-3-2-4-10-31)29-42(50-47)36-18-15-30-25-34(36)26-30)23-21-35(22-24-48)51-43-13-7-5-11-37(43)39-27-32(16-19-44(39)51)33-17-20-46-40(28-33)38-12-6-8-14-45(38)52-46/h2-23,25,27-29H,24,26H2,1H3. The van der Waals surface area contributed by atoms with Crippen molar-refractivity contribution in [2.75, 3.05) is 0 Å². The van der Waals surface area contributed by atoms with Gasteiger partial charge in [0.25, 0.3) is 0 Å². The lowest BCUT2D eigenvalue weighted by Crippen LogP contribution is -2.24. The Bertz CT molecular complexity index is 2980. The fraction of sp³-hybridized carbons (Fsp3) is 0.0833. The predicted octanol–water partition coefficient (Wildman–Crippen LogP) is 12.1.